The standard InChI is InChI=1S/C17H19Cl2N5O2/c1-3-23(4-2)6-5-7-24-13-9-11(19)10(18)8-12(13)20-14-15(24)21-17(26)22-16(14)25/h8-9H,3-7H2,1-2H3,(H,22,25,26). The molecule has 26 heavy (non-hydrogen) atoms. The van der Waals surface area contributed by atoms with E-state index in [1.165, 1.54) is 0 Å². The Bertz CT molecular complexity index is 1030. The number of aromatic amines is 1. The van der Waals surface area contributed by atoms with E-state index in [1.807, 2.05) is 4.57 Å². The first-order valence-corrected chi connectivity index (χ1v) is 9.22. The van der Waals surface area contributed by atoms with E-state index in [0.717, 1.165) is 26.1 Å². The lowest BCUT2D eigenvalue weighted by Gasteiger charge is -2.20. The number of hydrogen-bond donors (Lipinski definition) is 1. The number of benzene rings is 1. The zero-order valence-corrected chi connectivity index (χ0v) is 16.1. The van der Waals surface area contributed by atoms with Crippen molar-refractivity contribution in [2.45, 2.75) is 26.8 Å². The van der Waals surface area contributed by atoms with Crippen molar-refractivity contribution in [1.29, 1.82) is 0 Å². The maximum Gasteiger partial charge on any atom is 0.349 e. The number of halogens is 2. The molecule has 0 unspecified atom stereocenters. The van der Waals surface area contributed by atoms with Gasteiger partial charge in [0.05, 0.1) is 21.1 Å². The van der Waals surface area contributed by atoms with E-state index in [4.69, 9.17) is 23.2 Å². The normalized spacial score (nSPS) is 11.7. The third-order valence-electron chi connectivity index (χ3n) is 4.40. The van der Waals surface area contributed by atoms with Crippen LogP contribution in [0.1, 0.15) is 20.3 Å². The van der Waals surface area contributed by atoms with Crippen molar-refractivity contribution >= 4 is 34.2 Å². The first kappa shape index (κ1) is 18.8. The van der Waals surface area contributed by atoms with Crippen LogP contribution < -0.4 is 11.2 Å². The van der Waals surface area contributed by atoms with E-state index in [1.54, 1.807) is 12.1 Å². The fourth-order valence-electron chi connectivity index (χ4n) is 3.01. The molecule has 1 aromatic rings. The smallest absolute Gasteiger partial charge is 0.322 e. The van der Waals surface area contributed by atoms with Crippen LogP contribution in [0.3, 0.4) is 0 Å². The fourth-order valence-corrected chi connectivity index (χ4v) is 3.32. The van der Waals surface area contributed by atoms with Gasteiger partial charge in [0, 0.05) is 6.54 Å². The predicted molar refractivity (Wildman–Crippen MR) is 103 cm³/mol. The lowest BCUT2D eigenvalue weighted by Crippen LogP contribution is -2.29. The second-order valence-corrected chi connectivity index (χ2v) is 6.76. The SMILES string of the molecule is CCN(CC)CCCn1c2nc(=O)[nH]c(=O)c-2nc2cc(Cl)c(Cl)cc21. The van der Waals surface area contributed by atoms with Gasteiger partial charge in [-0.3, -0.25) is 9.78 Å². The summed E-state index contributed by atoms with van der Waals surface area (Å²) in [5, 5.41) is 0.732. The van der Waals surface area contributed by atoms with Crippen LogP contribution >= 0.6 is 23.2 Å². The Kier molecular flexibility index (Phi) is 5.60. The third kappa shape index (κ3) is 3.60. The van der Waals surface area contributed by atoms with Crippen LogP contribution in [-0.4, -0.2) is 44.1 Å². The van der Waals surface area contributed by atoms with Crippen molar-refractivity contribution < 1.29 is 0 Å². The Balaban J connectivity index is 2.17. The number of aromatic nitrogens is 4. The van der Waals surface area contributed by atoms with Crippen molar-refractivity contribution in [2.75, 3.05) is 19.6 Å². The number of hydrogen-bond acceptors (Lipinski definition) is 5. The minimum Gasteiger partial charge on any atom is -0.322 e. The van der Waals surface area contributed by atoms with Crippen LogP contribution in [-0.2, 0) is 6.54 Å². The van der Waals surface area contributed by atoms with Gasteiger partial charge in [-0.2, -0.15) is 4.98 Å². The molecule has 0 aromatic heterocycles. The molecule has 7 nitrogen and oxygen atoms in total. The van der Waals surface area contributed by atoms with Gasteiger partial charge in [0.15, 0.2) is 11.5 Å². The minimum absolute atomic E-state index is 0.110. The summed E-state index contributed by atoms with van der Waals surface area (Å²) in [7, 11) is 0. The van der Waals surface area contributed by atoms with E-state index in [9.17, 15) is 9.59 Å². The first-order chi connectivity index (χ1) is 12.4. The van der Waals surface area contributed by atoms with Gasteiger partial charge in [0.25, 0.3) is 5.56 Å². The molecule has 138 valence electrons. The van der Waals surface area contributed by atoms with E-state index >= 15 is 0 Å². The predicted octanol–water partition coefficient (Wildman–Crippen LogP) is 2.62. The van der Waals surface area contributed by atoms with Crippen LogP contribution in [0.25, 0.3) is 22.6 Å². The van der Waals surface area contributed by atoms with E-state index in [0.29, 0.717) is 27.6 Å². The highest BCUT2D eigenvalue weighted by Crippen LogP contribution is 2.29. The molecule has 9 heteroatoms. The number of rotatable bonds is 6. The molecule has 0 atom stereocenters. The molecule has 1 aromatic carbocycles. The quantitative estimate of drug-likeness (QED) is 0.648. The highest BCUT2D eigenvalue weighted by atomic mass is 35.5. The first-order valence-electron chi connectivity index (χ1n) is 8.46. The van der Waals surface area contributed by atoms with Gasteiger partial charge in [-0.1, -0.05) is 37.0 Å². The van der Waals surface area contributed by atoms with Gasteiger partial charge in [-0.05, 0) is 38.2 Å². The van der Waals surface area contributed by atoms with Gasteiger partial charge in [0.2, 0.25) is 0 Å². The van der Waals surface area contributed by atoms with Gasteiger partial charge in [0.1, 0.15) is 0 Å². The van der Waals surface area contributed by atoms with Gasteiger partial charge in [-0.15, -0.1) is 0 Å². The van der Waals surface area contributed by atoms with E-state index in [2.05, 4.69) is 33.7 Å². The van der Waals surface area contributed by atoms with E-state index in [-0.39, 0.29) is 11.5 Å². The van der Waals surface area contributed by atoms with Crippen molar-refractivity contribution in [3.63, 3.8) is 0 Å². The highest BCUT2D eigenvalue weighted by Gasteiger charge is 2.19. The number of nitrogens with one attached hydrogen (secondary N) is 1. The van der Waals surface area contributed by atoms with Gasteiger partial charge >= 0.3 is 5.69 Å². The summed E-state index contributed by atoms with van der Waals surface area (Å²) >= 11 is 12.3. The van der Waals surface area contributed by atoms with Crippen molar-refractivity contribution in [2.24, 2.45) is 0 Å². The number of aryl methyl sites for hydroxylation is 1. The lowest BCUT2D eigenvalue weighted by molar-refractivity contribution is 0.294. The molecule has 0 radical (unpaired) electrons. The third-order valence-corrected chi connectivity index (χ3v) is 5.12. The van der Waals surface area contributed by atoms with Crippen LogP contribution in [0.5, 0.6) is 0 Å². The average Bonchev–Trinajstić information content (AvgIpc) is 2.60. The topological polar surface area (TPSA) is 83.9 Å². The molecule has 0 spiro atoms. The monoisotopic (exact) mass is 395 g/mol. The Morgan fingerprint density at radius 1 is 1.12 bits per heavy atom. The van der Waals surface area contributed by atoms with Gasteiger partial charge in [-0.25, -0.2) is 9.78 Å². The van der Waals surface area contributed by atoms with Crippen LogP contribution in [0.2, 0.25) is 10.0 Å². The van der Waals surface area contributed by atoms with Crippen molar-refractivity contribution in [1.82, 2.24) is 24.4 Å². The second-order valence-electron chi connectivity index (χ2n) is 5.94. The largest absolute Gasteiger partial charge is 0.349 e. The molecule has 0 fully saturated rings. The molecule has 0 amide bonds. The molecule has 0 saturated heterocycles. The maximum atomic E-state index is 12.2. The molecule has 2 heterocycles. The number of nitrogens with zero attached hydrogens (tertiary/aromatic N) is 4. The molecule has 1 N–H and O–H groups in total. The number of fused-ring (bicyclic) bond motifs is 2. The van der Waals surface area contributed by atoms with Crippen LogP contribution in [0, 0.1) is 0 Å². The lowest BCUT2D eigenvalue weighted by atomic mass is 10.2. The molecule has 0 saturated carbocycles. The summed E-state index contributed by atoms with van der Waals surface area (Å²) < 4.78 is 1.82. The molecule has 0 aliphatic carbocycles. The summed E-state index contributed by atoms with van der Waals surface area (Å²) in [5.41, 5.74) is 0.0645. The second kappa shape index (κ2) is 7.73. The zero-order valence-electron chi connectivity index (χ0n) is 14.6. The van der Waals surface area contributed by atoms with Crippen molar-refractivity contribution in [3.8, 4) is 11.5 Å². The van der Waals surface area contributed by atoms with Crippen LogP contribution in [0.15, 0.2) is 21.7 Å². The summed E-state index contributed by atoms with van der Waals surface area (Å²) in [6, 6.07) is 3.31. The summed E-state index contributed by atoms with van der Waals surface area (Å²) in [4.78, 5) is 36.7. The average molecular weight is 396 g/mol. The maximum absolute atomic E-state index is 12.2. The zero-order chi connectivity index (χ0) is 18.8. The molecule has 3 rings (SSSR count). The Morgan fingerprint density at radius 3 is 2.50 bits per heavy atom. The highest BCUT2D eigenvalue weighted by molar-refractivity contribution is 6.42. The molecule has 2 aliphatic rings. The molecule has 0 bridgehead atoms. The summed E-state index contributed by atoms with van der Waals surface area (Å²) in [6.45, 7) is 7.60. The fraction of sp³-hybridized carbons (Fsp3) is 0.412. The van der Waals surface area contributed by atoms with Crippen LogP contribution in [0.4, 0.5) is 0 Å². The van der Waals surface area contributed by atoms with Crippen molar-refractivity contribution in [3.05, 3.63) is 43.0 Å². The number of H-pyrrole nitrogens is 1. The molecular weight excluding hydrogens is 377 g/mol. The van der Waals surface area contributed by atoms with E-state index < -0.39 is 11.2 Å². The summed E-state index contributed by atoms with van der Waals surface area (Å²) in [5.74, 6) is 0.254. The Labute approximate surface area is 159 Å². The Morgan fingerprint density at radius 2 is 1.81 bits per heavy atom. The molecular formula is C17H19Cl2N5O2. The van der Waals surface area contributed by atoms with Gasteiger partial charge < -0.3 is 9.47 Å². The molecule has 2 aliphatic heterocycles. The Hall–Kier alpha value is -1.96. The summed E-state index contributed by atoms with van der Waals surface area (Å²) in [6.07, 6.45) is 0.823. The minimum atomic E-state index is -0.693.